The molecule has 2 rings (SSSR count). The fourth-order valence-electron chi connectivity index (χ4n) is 1.44. The predicted octanol–water partition coefficient (Wildman–Crippen LogP) is 3.21. The Morgan fingerprint density at radius 2 is 1.81 bits per heavy atom. The van der Waals surface area contributed by atoms with Gasteiger partial charge < -0.3 is 5.32 Å². The standard InChI is InChI=1S/C14H14N2/c1-12(13-7-3-2-4-8-13)11-16-14-9-5-6-10-15-14/h2-10H,1,11H2,(H,15,16). The van der Waals surface area contributed by atoms with Gasteiger partial charge in [-0.25, -0.2) is 4.98 Å². The van der Waals surface area contributed by atoms with E-state index in [1.54, 1.807) is 6.20 Å². The maximum atomic E-state index is 4.19. The third kappa shape index (κ3) is 2.70. The molecule has 0 saturated carbocycles. The van der Waals surface area contributed by atoms with Gasteiger partial charge in [0.2, 0.25) is 0 Å². The molecule has 2 aromatic rings. The van der Waals surface area contributed by atoms with Crippen molar-refractivity contribution in [2.45, 2.75) is 0 Å². The van der Waals surface area contributed by atoms with Gasteiger partial charge in [-0.1, -0.05) is 43.0 Å². The lowest BCUT2D eigenvalue weighted by Crippen LogP contribution is -2.04. The number of hydrogen-bond acceptors (Lipinski definition) is 2. The highest BCUT2D eigenvalue weighted by Gasteiger charge is 1.97. The second kappa shape index (κ2) is 5.12. The molecule has 2 heteroatoms. The average molecular weight is 210 g/mol. The third-order valence-corrected chi connectivity index (χ3v) is 2.33. The lowest BCUT2D eigenvalue weighted by atomic mass is 10.1. The van der Waals surface area contributed by atoms with Crippen LogP contribution in [0.5, 0.6) is 0 Å². The first kappa shape index (κ1) is 10.4. The normalized spacial score (nSPS) is 9.75. The molecule has 0 unspecified atom stereocenters. The molecular weight excluding hydrogens is 196 g/mol. The van der Waals surface area contributed by atoms with E-state index in [9.17, 15) is 0 Å². The summed E-state index contributed by atoms with van der Waals surface area (Å²) in [7, 11) is 0. The summed E-state index contributed by atoms with van der Waals surface area (Å²) in [6.45, 7) is 4.76. The minimum atomic E-state index is 0.709. The summed E-state index contributed by atoms with van der Waals surface area (Å²) in [6.07, 6.45) is 1.77. The number of hydrogen-bond donors (Lipinski definition) is 1. The van der Waals surface area contributed by atoms with E-state index in [4.69, 9.17) is 0 Å². The molecule has 1 N–H and O–H groups in total. The van der Waals surface area contributed by atoms with E-state index in [1.165, 1.54) is 0 Å². The zero-order valence-electron chi connectivity index (χ0n) is 9.06. The van der Waals surface area contributed by atoms with Crippen molar-refractivity contribution < 1.29 is 0 Å². The van der Waals surface area contributed by atoms with E-state index in [0.717, 1.165) is 17.0 Å². The van der Waals surface area contributed by atoms with Gasteiger partial charge in [0, 0.05) is 12.7 Å². The van der Waals surface area contributed by atoms with Gasteiger partial charge in [-0.05, 0) is 23.3 Å². The largest absolute Gasteiger partial charge is 0.366 e. The second-order valence-corrected chi connectivity index (χ2v) is 3.54. The van der Waals surface area contributed by atoms with E-state index < -0.39 is 0 Å². The van der Waals surface area contributed by atoms with E-state index in [1.807, 2.05) is 36.4 Å². The lowest BCUT2D eigenvalue weighted by molar-refractivity contribution is 1.23. The average Bonchev–Trinajstić information content (AvgIpc) is 2.38. The molecule has 0 amide bonds. The Morgan fingerprint density at radius 3 is 2.50 bits per heavy atom. The van der Waals surface area contributed by atoms with E-state index in [2.05, 4.69) is 29.0 Å². The Labute approximate surface area is 95.7 Å². The molecule has 0 aliphatic rings. The molecule has 0 aliphatic carbocycles. The number of rotatable bonds is 4. The SMILES string of the molecule is C=C(CNc1ccccn1)c1ccccc1. The van der Waals surface area contributed by atoms with Crippen molar-refractivity contribution in [3.05, 3.63) is 66.9 Å². The number of aromatic nitrogens is 1. The maximum Gasteiger partial charge on any atom is 0.126 e. The highest BCUT2D eigenvalue weighted by atomic mass is 15.0. The Balaban J connectivity index is 1.95. The van der Waals surface area contributed by atoms with Crippen LogP contribution >= 0.6 is 0 Å². The maximum absolute atomic E-state index is 4.19. The van der Waals surface area contributed by atoms with Crippen LogP contribution in [-0.4, -0.2) is 11.5 Å². The Bertz CT molecular complexity index is 449. The zero-order valence-corrected chi connectivity index (χ0v) is 9.06. The number of nitrogens with zero attached hydrogens (tertiary/aromatic N) is 1. The molecule has 0 bridgehead atoms. The molecule has 80 valence electrons. The van der Waals surface area contributed by atoms with Crippen LogP contribution in [0.3, 0.4) is 0 Å². The molecule has 0 spiro atoms. The molecule has 0 atom stereocenters. The van der Waals surface area contributed by atoms with E-state index in [-0.39, 0.29) is 0 Å². The first-order valence-electron chi connectivity index (χ1n) is 5.24. The third-order valence-electron chi connectivity index (χ3n) is 2.33. The fourth-order valence-corrected chi connectivity index (χ4v) is 1.44. The van der Waals surface area contributed by atoms with Gasteiger partial charge in [-0.3, -0.25) is 0 Å². The van der Waals surface area contributed by atoms with Crippen LogP contribution in [0.15, 0.2) is 61.3 Å². The molecular formula is C14H14N2. The van der Waals surface area contributed by atoms with Crippen LogP contribution < -0.4 is 5.32 Å². The molecule has 0 radical (unpaired) electrons. The second-order valence-electron chi connectivity index (χ2n) is 3.54. The van der Waals surface area contributed by atoms with Crippen LogP contribution in [0.25, 0.3) is 5.57 Å². The van der Waals surface area contributed by atoms with Crippen LogP contribution in [0, 0.1) is 0 Å². The summed E-state index contributed by atoms with van der Waals surface area (Å²) < 4.78 is 0. The van der Waals surface area contributed by atoms with Crippen molar-refractivity contribution in [3.8, 4) is 0 Å². The van der Waals surface area contributed by atoms with Crippen molar-refractivity contribution in [2.24, 2.45) is 0 Å². The van der Waals surface area contributed by atoms with Crippen LogP contribution in [-0.2, 0) is 0 Å². The summed E-state index contributed by atoms with van der Waals surface area (Å²) in [4.78, 5) is 4.19. The minimum absolute atomic E-state index is 0.709. The smallest absolute Gasteiger partial charge is 0.126 e. The van der Waals surface area contributed by atoms with Crippen molar-refractivity contribution in [1.29, 1.82) is 0 Å². The first-order chi connectivity index (χ1) is 7.86. The minimum Gasteiger partial charge on any atom is -0.366 e. The van der Waals surface area contributed by atoms with Gasteiger partial charge in [0.1, 0.15) is 5.82 Å². The van der Waals surface area contributed by atoms with Crippen molar-refractivity contribution in [3.63, 3.8) is 0 Å². The van der Waals surface area contributed by atoms with E-state index in [0.29, 0.717) is 6.54 Å². The highest BCUT2D eigenvalue weighted by molar-refractivity contribution is 5.66. The predicted molar refractivity (Wildman–Crippen MR) is 68.2 cm³/mol. The molecule has 0 fully saturated rings. The van der Waals surface area contributed by atoms with Gasteiger partial charge in [-0.2, -0.15) is 0 Å². The topological polar surface area (TPSA) is 24.9 Å². The van der Waals surface area contributed by atoms with Crippen LogP contribution in [0.2, 0.25) is 0 Å². The number of pyridine rings is 1. The summed E-state index contributed by atoms with van der Waals surface area (Å²) in [5, 5.41) is 3.23. The van der Waals surface area contributed by atoms with E-state index >= 15 is 0 Å². The van der Waals surface area contributed by atoms with Crippen LogP contribution in [0.4, 0.5) is 5.82 Å². The molecule has 0 saturated heterocycles. The summed E-state index contributed by atoms with van der Waals surface area (Å²) in [5.41, 5.74) is 2.22. The van der Waals surface area contributed by atoms with Crippen molar-refractivity contribution in [2.75, 3.05) is 11.9 Å². The molecule has 1 heterocycles. The van der Waals surface area contributed by atoms with Crippen LogP contribution in [0.1, 0.15) is 5.56 Å². The molecule has 1 aromatic heterocycles. The van der Waals surface area contributed by atoms with Gasteiger partial charge in [0.15, 0.2) is 0 Å². The Hall–Kier alpha value is -2.09. The molecule has 2 nitrogen and oxygen atoms in total. The zero-order chi connectivity index (χ0) is 11.2. The number of nitrogens with one attached hydrogen (secondary N) is 1. The van der Waals surface area contributed by atoms with Gasteiger partial charge in [-0.15, -0.1) is 0 Å². The Kier molecular flexibility index (Phi) is 3.34. The van der Waals surface area contributed by atoms with Crippen molar-refractivity contribution in [1.82, 2.24) is 4.98 Å². The lowest BCUT2D eigenvalue weighted by Gasteiger charge is -2.08. The van der Waals surface area contributed by atoms with Gasteiger partial charge in [0.25, 0.3) is 0 Å². The summed E-state index contributed by atoms with van der Waals surface area (Å²) in [6, 6.07) is 16.0. The monoisotopic (exact) mass is 210 g/mol. The highest BCUT2D eigenvalue weighted by Crippen LogP contribution is 2.12. The quantitative estimate of drug-likeness (QED) is 0.838. The molecule has 0 aliphatic heterocycles. The molecule has 16 heavy (non-hydrogen) atoms. The summed E-state index contributed by atoms with van der Waals surface area (Å²) in [5.74, 6) is 0.875. The summed E-state index contributed by atoms with van der Waals surface area (Å²) >= 11 is 0. The molecule has 1 aromatic carbocycles. The Morgan fingerprint density at radius 1 is 1.06 bits per heavy atom. The number of benzene rings is 1. The fraction of sp³-hybridized carbons (Fsp3) is 0.0714. The van der Waals surface area contributed by atoms with Crippen molar-refractivity contribution >= 4 is 11.4 Å². The van der Waals surface area contributed by atoms with Gasteiger partial charge >= 0.3 is 0 Å². The number of anilines is 1. The first-order valence-corrected chi connectivity index (χ1v) is 5.24. The van der Waals surface area contributed by atoms with Gasteiger partial charge in [0.05, 0.1) is 0 Å².